The average Bonchev–Trinajstić information content (AvgIpc) is 2.21. The fraction of sp³-hybridized carbons (Fsp3) is 0.750. The molecule has 0 radical (unpaired) electrons. The first-order valence-corrected chi connectivity index (χ1v) is 5.47. The maximum Gasteiger partial charge on any atom is 0.0645 e. The van der Waals surface area contributed by atoms with Gasteiger partial charge >= 0.3 is 0 Å². The molecule has 2 nitrogen and oxygen atoms in total. The van der Waals surface area contributed by atoms with Crippen molar-refractivity contribution in [3.05, 3.63) is 12.7 Å². The molecule has 0 aromatic carbocycles. The summed E-state index contributed by atoms with van der Waals surface area (Å²) in [7, 11) is 0. The van der Waals surface area contributed by atoms with Crippen molar-refractivity contribution in [2.75, 3.05) is 13.2 Å². The molecular formula is C12H21NO. The van der Waals surface area contributed by atoms with Crippen molar-refractivity contribution in [2.45, 2.75) is 44.9 Å². The SMILES string of the molecule is C=CCCCCCCCOCCC#N. The van der Waals surface area contributed by atoms with Gasteiger partial charge in [-0.1, -0.05) is 25.3 Å². The summed E-state index contributed by atoms with van der Waals surface area (Å²) in [5, 5.41) is 8.25. The highest BCUT2D eigenvalue weighted by atomic mass is 16.5. The van der Waals surface area contributed by atoms with E-state index < -0.39 is 0 Å². The van der Waals surface area contributed by atoms with Crippen LogP contribution in [0.2, 0.25) is 0 Å². The highest BCUT2D eigenvalue weighted by molar-refractivity contribution is 4.67. The second-order valence-corrected chi connectivity index (χ2v) is 3.37. The smallest absolute Gasteiger partial charge is 0.0645 e. The normalized spacial score (nSPS) is 9.64. The summed E-state index contributed by atoms with van der Waals surface area (Å²) in [4.78, 5) is 0. The lowest BCUT2D eigenvalue weighted by atomic mass is 10.1. The molecule has 0 amide bonds. The number of ether oxygens (including phenoxy) is 1. The predicted octanol–water partition coefficient (Wildman–Crippen LogP) is 3.44. The molecule has 0 unspecified atom stereocenters. The van der Waals surface area contributed by atoms with Crippen LogP contribution in [0.4, 0.5) is 0 Å². The van der Waals surface area contributed by atoms with E-state index in [0.29, 0.717) is 13.0 Å². The summed E-state index contributed by atoms with van der Waals surface area (Å²) >= 11 is 0. The van der Waals surface area contributed by atoms with Crippen LogP contribution in [-0.2, 0) is 4.74 Å². The van der Waals surface area contributed by atoms with E-state index in [4.69, 9.17) is 10.00 Å². The first-order chi connectivity index (χ1) is 6.91. The number of hydrogen-bond acceptors (Lipinski definition) is 2. The molecule has 0 spiro atoms. The van der Waals surface area contributed by atoms with E-state index in [1.165, 1.54) is 25.7 Å². The Labute approximate surface area is 87.6 Å². The highest BCUT2D eigenvalue weighted by Gasteiger charge is 1.90. The maximum atomic E-state index is 8.25. The molecule has 0 fully saturated rings. The van der Waals surface area contributed by atoms with E-state index in [1.54, 1.807) is 0 Å². The van der Waals surface area contributed by atoms with Crippen molar-refractivity contribution in [1.82, 2.24) is 0 Å². The Morgan fingerprint density at radius 1 is 1.07 bits per heavy atom. The van der Waals surface area contributed by atoms with Gasteiger partial charge in [-0.2, -0.15) is 5.26 Å². The third kappa shape index (κ3) is 11.2. The number of allylic oxidation sites excluding steroid dienone is 1. The first kappa shape index (κ1) is 13.2. The van der Waals surface area contributed by atoms with E-state index in [-0.39, 0.29) is 0 Å². The van der Waals surface area contributed by atoms with Crippen LogP contribution < -0.4 is 0 Å². The Balaban J connectivity index is 2.85. The molecule has 0 N–H and O–H groups in total. The minimum Gasteiger partial charge on any atom is -0.380 e. The molecular weight excluding hydrogens is 174 g/mol. The minimum absolute atomic E-state index is 0.513. The zero-order chi connectivity index (χ0) is 10.5. The number of rotatable bonds is 10. The van der Waals surface area contributed by atoms with Crippen LogP contribution in [0.25, 0.3) is 0 Å². The quantitative estimate of drug-likeness (QED) is 0.395. The number of nitrogens with zero attached hydrogens (tertiary/aromatic N) is 1. The van der Waals surface area contributed by atoms with Gasteiger partial charge in [0.05, 0.1) is 19.1 Å². The Morgan fingerprint density at radius 3 is 2.50 bits per heavy atom. The van der Waals surface area contributed by atoms with Crippen LogP contribution in [0.1, 0.15) is 44.9 Å². The van der Waals surface area contributed by atoms with Gasteiger partial charge in [-0.15, -0.1) is 6.58 Å². The number of hydrogen-bond donors (Lipinski definition) is 0. The molecule has 0 atom stereocenters. The minimum atomic E-state index is 0.513. The summed E-state index contributed by atoms with van der Waals surface area (Å²) in [5.74, 6) is 0. The topological polar surface area (TPSA) is 33.0 Å². The standard InChI is InChI=1S/C12H21NO/c1-2-3-4-5-6-7-8-11-14-12-9-10-13/h2H,1,3-9,11-12H2. The molecule has 0 aliphatic rings. The summed E-state index contributed by atoms with van der Waals surface area (Å²) in [6.07, 6.45) is 9.84. The molecule has 0 aromatic heterocycles. The van der Waals surface area contributed by atoms with Crippen molar-refractivity contribution in [2.24, 2.45) is 0 Å². The predicted molar refractivity (Wildman–Crippen MR) is 58.9 cm³/mol. The zero-order valence-electron chi connectivity index (χ0n) is 9.00. The van der Waals surface area contributed by atoms with E-state index in [2.05, 4.69) is 12.6 Å². The molecule has 0 saturated heterocycles. The first-order valence-electron chi connectivity index (χ1n) is 5.47. The lowest BCUT2D eigenvalue weighted by Crippen LogP contribution is -1.95. The van der Waals surface area contributed by atoms with E-state index in [1.807, 2.05) is 6.08 Å². The largest absolute Gasteiger partial charge is 0.380 e. The Hall–Kier alpha value is -0.810. The molecule has 0 aromatic rings. The maximum absolute atomic E-state index is 8.25. The Bertz CT molecular complexity index is 160. The van der Waals surface area contributed by atoms with Gasteiger partial charge in [0.15, 0.2) is 0 Å². The fourth-order valence-electron chi connectivity index (χ4n) is 1.24. The molecule has 0 rings (SSSR count). The number of unbranched alkanes of at least 4 members (excludes halogenated alkanes) is 5. The van der Waals surface area contributed by atoms with Gasteiger partial charge in [0.1, 0.15) is 0 Å². The lowest BCUT2D eigenvalue weighted by molar-refractivity contribution is 0.135. The zero-order valence-corrected chi connectivity index (χ0v) is 9.00. The van der Waals surface area contributed by atoms with Crippen LogP contribution in [0, 0.1) is 11.3 Å². The van der Waals surface area contributed by atoms with Gasteiger partial charge in [0.2, 0.25) is 0 Å². The van der Waals surface area contributed by atoms with Crippen molar-refractivity contribution >= 4 is 0 Å². The van der Waals surface area contributed by atoms with E-state index >= 15 is 0 Å². The highest BCUT2D eigenvalue weighted by Crippen LogP contribution is 2.05. The molecule has 2 heteroatoms. The van der Waals surface area contributed by atoms with Crippen molar-refractivity contribution in [1.29, 1.82) is 5.26 Å². The van der Waals surface area contributed by atoms with Crippen LogP contribution in [0.5, 0.6) is 0 Å². The molecule has 0 aliphatic carbocycles. The van der Waals surface area contributed by atoms with Crippen molar-refractivity contribution < 1.29 is 4.74 Å². The third-order valence-corrected chi connectivity index (χ3v) is 2.06. The second-order valence-electron chi connectivity index (χ2n) is 3.37. The number of nitriles is 1. The summed E-state index contributed by atoms with van der Waals surface area (Å²) < 4.78 is 5.26. The van der Waals surface area contributed by atoms with Crippen molar-refractivity contribution in [3.63, 3.8) is 0 Å². The lowest BCUT2D eigenvalue weighted by Gasteiger charge is -2.01. The van der Waals surface area contributed by atoms with Crippen LogP contribution in [0.15, 0.2) is 12.7 Å². The van der Waals surface area contributed by atoms with Crippen molar-refractivity contribution in [3.8, 4) is 6.07 Å². The van der Waals surface area contributed by atoms with Gasteiger partial charge in [0, 0.05) is 6.61 Å². The summed E-state index contributed by atoms with van der Waals surface area (Å²) in [6, 6.07) is 2.06. The Kier molecular flexibility index (Phi) is 11.5. The molecule has 0 aliphatic heterocycles. The molecule has 14 heavy (non-hydrogen) atoms. The summed E-state index contributed by atoms with van der Waals surface area (Å²) in [6.45, 7) is 5.09. The Morgan fingerprint density at radius 2 is 1.79 bits per heavy atom. The second kappa shape index (κ2) is 12.2. The fourth-order valence-corrected chi connectivity index (χ4v) is 1.24. The third-order valence-electron chi connectivity index (χ3n) is 2.06. The monoisotopic (exact) mass is 195 g/mol. The molecule has 0 bridgehead atoms. The molecule has 0 heterocycles. The van der Waals surface area contributed by atoms with Gasteiger partial charge < -0.3 is 4.74 Å². The van der Waals surface area contributed by atoms with E-state index in [0.717, 1.165) is 19.4 Å². The average molecular weight is 195 g/mol. The molecule has 80 valence electrons. The van der Waals surface area contributed by atoms with Gasteiger partial charge in [0.25, 0.3) is 0 Å². The van der Waals surface area contributed by atoms with Gasteiger partial charge in [-0.25, -0.2) is 0 Å². The van der Waals surface area contributed by atoms with Gasteiger partial charge in [-0.05, 0) is 19.3 Å². The summed E-state index contributed by atoms with van der Waals surface area (Å²) in [5.41, 5.74) is 0. The van der Waals surface area contributed by atoms with Crippen LogP contribution in [-0.4, -0.2) is 13.2 Å². The van der Waals surface area contributed by atoms with Gasteiger partial charge in [-0.3, -0.25) is 0 Å². The van der Waals surface area contributed by atoms with Crippen LogP contribution in [0.3, 0.4) is 0 Å². The van der Waals surface area contributed by atoms with Crippen LogP contribution >= 0.6 is 0 Å². The molecule has 0 saturated carbocycles. The van der Waals surface area contributed by atoms with E-state index in [9.17, 15) is 0 Å².